The van der Waals surface area contributed by atoms with Crippen LogP contribution < -0.4 is 10.4 Å². The molecular formula is C30H32N4O2S. The number of nitrogens with zero attached hydrogens (tertiary/aromatic N) is 3. The normalized spacial score (nSPS) is 12.3. The topological polar surface area (TPSA) is 61.0 Å². The molecule has 1 unspecified atom stereocenters. The minimum Gasteiger partial charge on any atom is -0.350 e. The van der Waals surface area contributed by atoms with Gasteiger partial charge in [-0.1, -0.05) is 55.8 Å². The number of fused-ring (bicyclic) bond motifs is 2. The van der Waals surface area contributed by atoms with E-state index in [1.165, 1.54) is 22.9 Å². The lowest BCUT2D eigenvalue weighted by molar-refractivity contribution is -0.120. The first-order chi connectivity index (χ1) is 18.0. The number of imidazole rings is 1. The summed E-state index contributed by atoms with van der Waals surface area (Å²) in [6.45, 7) is 4.68. The summed E-state index contributed by atoms with van der Waals surface area (Å²) in [7, 11) is 2.04. The predicted molar refractivity (Wildman–Crippen MR) is 152 cm³/mol. The van der Waals surface area contributed by atoms with Gasteiger partial charge in [-0.25, -0.2) is 4.79 Å². The van der Waals surface area contributed by atoms with Crippen LogP contribution in [0.5, 0.6) is 0 Å². The number of para-hydroxylation sites is 2. The van der Waals surface area contributed by atoms with Crippen molar-refractivity contribution in [2.75, 3.05) is 0 Å². The monoisotopic (exact) mass is 512 g/mol. The van der Waals surface area contributed by atoms with Gasteiger partial charge >= 0.3 is 5.69 Å². The van der Waals surface area contributed by atoms with E-state index in [1.54, 1.807) is 0 Å². The summed E-state index contributed by atoms with van der Waals surface area (Å²) in [4.78, 5) is 27.9. The molecule has 190 valence electrons. The summed E-state index contributed by atoms with van der Waals surface area (Å²) in [5.74, 6) is -0.0827. The number of aromatic nitrogens is 3. The van der Waals surface area contributed by atoms with Gasteiger partial charge in [-0.05, 0) is 66.8 Å². The van der Waals surface area contributed by atoms with Gasteiger partial charge in [-0.3, -0.25) is 18.7 Å². The van der Waals surface area contributed by atoms with E-state index < -0.39 is 0 Å². The lowest BCUT2D eigenvalue weighted by atomic mass is 10.1. The van der Waals surface area contributed by atoms with Crippen molar-refractivity contribution in [2.24, 2.45) is 7.05 Å². The molecule has 7 heteroatoms. The molecule has 0 saturated heterocycles. The van der Waals surface area contributed by atoms with Gasteiger partial charge in [0.15, 0.2) is 0 Å². The predicted octanol–water partition coefficient (Wildman–Crippen LogP) is 6.21. The van der Waals surface area contributed by atoms with E-state index in [9.17, 15) is 9.59 Å². The summed E-state index contributed by atoms with van der Waals surface area (Å²) in [6.07, 6.45) is 3.98. The van der Waals surface area contributed by atoms with Gasteiger partial charge in [-0.2, -0.15) is 0 Å². The van der Waals surface area contributed by atoms with E-state index in [2.05, 4.69) is 47.5 Å². The molecular weight excluding hydrogens is 480 g/mol. The van der Waals surface area contributed by atoms with Crippen LogP contribution in [-0.4, -0.2) is 19.6 Å². The van der Waals surface area contributed by atoms with Gasteiger partial charge < -0.3 is 4.57 Å². The first kappa shape index (κ1) is 25.0. The molecule has 1 N–H and O–H groups in total. The fourth-order valence-corrected chi connectivity index (χ4v) is 5.88. The van der Waals surface area contributed by atoms with Crippen LogP contribution in [0.3, 0.4) is 0 Å². The van der Waals surface area contributed by atoms with Crippen molar-refractivity contribution in [3.05, 3.63) is 101 Å². The number of amides is 1. The maximum atomic E-state index is 14.0. The summed E-state index contributed by atoms with van der Waals surface area (Å²) in [6, 6.07) is 23.7. The van der Waals surface area contributed by atoms with Crippen molar-refractivity contribution in [1.82, 2.24) is 18.4 Å². The number of carbonyl (C=O) groups excluding carboxylic acids is 1. The molecule has 0 saturated carbocycles. The number of rotatable bonds is 9. The molecule has 2 aromatic heterocycles. The molecule has 0 aliphatic rings. The number of aryl methyl sites for hydroxylation is 2. The maximum absolute atomic E-state index is 14.0. The fourth-order valence-electron chi connectivity index (χ4n) is 5.28. The number of carbonyl (C=O) groups is 1. The number of benzene rings is 3. The first-order valence-corrected chi connectivity index (χ1v) is 13.5. The van der Waals surface area contributed by atoms with Gasteiger partial charge in [0.25, 0.3) is 0 Å². The molecule has 1 atom stereocenters. The molecule has 2 heterocycles. The van der Waals surface area contributed by atoms with E-state index in [0.717, 1.165) is 39.9 Å². The minimum absolute atomic E-state index is 0.0752. The Morgan fingerprint density at radius 2 is 1.65 bits per heavy atom. The smallest absolute Gasteiger partial charge is 0.329 e. The zero-order valence-corrected chi connectivity index (χ0v) is 22.3. The van der Waals surface area contributed by atoms with E-state index in [4.69, 9.17) is 0 Å². The van der Waals surface area contributed by atoms with Crippen LogP contribution in [0.2, 0.25) is 0 Å². The highest BCUT2D eigenvalue weighted by Crippen LogP contribution is 2.28. The maximum Gasteiger partial charge on any atom is 0.329 e. The van der Waals surface area contributed by atoms with Gasteiger partial charge in [0.05, 0.1) is 17.6 Å². The highest BCUT2D eigenvalue weighted by molar-refractivity contribution is 7.98. The third-order valence-corrected chi connectivity index (χ3v) is 7.77. The molecule has 5 aromatic rings. The van der Waals surface area contributed by atoms with Crippen molar-refractivity contribution in [1.29, 1.82) is 0 Å². The van der Waals surface area contributed by atoms with Crippen LogP contribution >= 0.6 is 11.9 Å². The van der Waals surface area contributed by atoms with E-state index in [-0.39, 0.29) is 24.1 Å². The third-order valence-electron chi connectivity index (χ3n) is 6.93. The molecule has 0 spiro atoms. The molecule has 6 nitrogen and oxygen atoms in total. The highest BCUT2D eigenvalue weighted by atomic mass is 32.2. The van der Waals surface area contributed by atoms with Crippen LogP contribution in [0.1, 0.15) is 43.4 Å². The van der Waals surface area contributed by atoms with Gasteiger partial charge in [0.2, 0.25) is 5.91 Å². The Morgan fingerprint density at radius 1 is 0.946 bits per heavy atom. The number of hydrogen-bond donors (Lipinski definition) is 1. The van der Waals surface area contributed by atoms with Gasteiger partial charge in [0, 0.05) is 41.5 Å². The van der Waals surface area contributed by atoms with Crippen molar-refractivity contribution in [2.45, 2.75) is 50.6 Å². The summed E-state index contributed by atoms with van der Waals surface area (Å²) >= 11 is 1.31. The SMILES string of the molecule is CCCC(CC(=O)NSc1ccccc1)n1c(=O)n(Cc2cn(C)c3cccc(C)c23)c2ccccc21. The average Bonchev–Trinajstić information content (AvgIpc) is 3.37. The Hall–Kier alpha value is -3.71. The van der Waals surface area contributed by atoms with Crippen LogP contribution in [0, 0.1) is 6.92 Å². The largest absolute Gasteiger partial charge is 0.350 e. The van der Waals surface area contributed by atoms with Crippen molar-refractivity contribution >= 4 is 39.8 Å². The van der Waals surface area contributed by atoms with Crippen LogP contribution in [0.4, 0.5) is 0 Å². The molecule has 0 radical (unpaired) electrons. The average molecular weight is 513 g/mol. The van der Waals surface area contributed by atoms with Crippen molar-refractivity contribution < 1.29 is 4.79 Å². The Bertz CT molecular complexity index is 1610. The Kier molecular flexibility index (Phi) is 7.24. The zero-order valence-electron chi connectivity index (χ0n) is 21.5. The molecule has 5 rings (SSSR count). The number of hydrogen-bond acceptors (Lipinski definition) is 3. The standard InChI is InChI=1S/C30H32N4O2S/c1-4-11-23(18-28(35)31-37-24-13-6-5-7-14-24)34-26-16-9-8-15-25(26)33(30(34)36)20-22-19-32(3)27-17-10-12-21(2)29(22)27/h5-10,12-17,19,23H,4,11,18,20H2,1-3H3,(H,31,35). The second kappa shape index (κ2) is 10.7. The second-order valence-corrected chi connectivity index (χ2v) is 10.4. The molecule has 0 aliphatic heterocycles. The van der Waals surface area contributed by atoms with E-state index in [0.29, 0.717) is 6.54 Å². The third kappa shape index (κ3) is 4.96. The Morgan fingerprint density at radius 3 is 2.41 bits per heavy atom. The zero-order chi connectivity index (χ0) is 25.9. The first-order valence-electron chi connectivity index (χ1n) is 12.7. The van der Waals surface area contributed by atoms with Crippen LogP contribution in [0.15, 0.2) is 88.7 Å². The van der Waals surface area contributed by atoms with Crippen LogP contribution in [0.25, 0.3) is 21.9 Å². The summed E-state index contributed by atoms with van der Waals surface area (Å²) in [5, 5.41) is 1.19. The quantitative estimate of drug-likeness (QED) is 0.239. The van der Waals surface area contributed by atoms with Gasteiger partial charge in [0.1, 0.15) is 0 Å². The lowest BCUT2D eigenvalue weighted by Gasteiger charge is -2.18. The Labute approximate surface area is 221 Å². The summed E-state index contributed by atoms with van der Waals surface area (Å²) in [5.41, 5.74) is 5.15. The van der Waals surface area contributed by atoms with E-state index >= 15 is 0 Å². The highest BCUT2D eigenvalue weighted by Gasteiger charge is 2.23. The number of nitrogens with one attached hydrogen (secondary N) is 1. The van der Waals surface area contributed by atoms with Crippen molar-refractivity contribution in [3.8, 4) is 0 Å². The molecule has 0 aliphatic carbocycles. The van der Waals surface area contributed by atoms with E-state index in [1.807, 2.05) is 70.8 Å². The fraction of sp³-hybridized carbons (Fsp3) is 0.267. The Balaban J connectivity index is 1.50. The molecule has 3 aromatic carbocycles. The summed E-state index contributed by atoms with van der Waals surface area (Å²) < 4.78 is 8.77. The van der Waals surface area contributed by atoms with Crippen LogP contribution in [-0.2, 0) is 18.4 Å². The molecule has 37 heavy (non-hydrogen) atoms. The minimum atomic E-state index is -0.228. The molecule has 0 fully saturated rings. The second-order valence-electron chi connectivity index (χ2n) is 9.55. The van der Waals surface area contributed by atoms with Gasteiger partial charge in [-0.15, -0.1) is 0 Å². The molecule has 0 bridgehead atoms. The molecule has 1 amide bonds. The lowest BCUT2D eigenvalue weighted by Crippen LogP contribution is -2.30. The van der Waals surface area contributed by atoms with Crippen molar-refractivity contribution in [3.63, 3.8) is 0 Å².